The number of ether oxygens (including phenoxy) is 2. The van der Waals surface area contributed by atoms with Gasteiger partial charge in [-0.2, -0.15) is 8.42 Å². The molecule has 2 atom stereocenters. The number of para-hydroxylation sites is 1. The zero-order valence-corrected chi connectivity index (χ0v) is 22.0. The third kappa shape index (κ3) is 11.5. The van der Waals surface area contributed by atoms with E-state index in [4.69, 9.17) is 13.7 Å². The van der Waals surface area contributed by atoms with Gasteiger partial charge in [0.05, 0.1) is 0 Å². The van der Waals surface area contributed by atoms with Crippen molar-refractivity contribution in [3.05, 3.63) is 54.6 Å². The van der Waals surface area contributed by atoms with E-state index in [-0.39, 0.29) is 33.5 Å². The number of rotatable bonds is 15. The van der Waals surface area contributed by atoms with Crippen molar-refractivity contribution in [1.29, 1.82) is 0 Å². The Hall–Kier alpha value is -3.31. The van der Waals surface area contributed by atoms with E-state index in [1.807, 2.05) is 0 Å². The number of benzene rings is 2. The summed E-state index contributed by atoms with van der Waals surface area (Å²) >= 11 is 0. The second-order valence-corrected chi connectivity index (χ2v) is 9.89. The molecule has 0 heterocycles. The van der Waals surface area contributed by atoms with E-state index >= 15 is 0 Å². The first-order chi connectivity index (χ1) is 17.1. The van der Waals surface area contributed by atoms with Gasteiger partial charge < -0.3 is 23.8 Å². The predicted molar refractivity (Wildman–Crippen MR) is 137 cm³/mol. The molecule has 0 aliphatic heterocycles. The van der Waals surface area contributed by atoms with Crippen LogP contribution in [0.2, 0.25) is 0 Å². The van der Waals surface area contributed by atoms with E-state index in [0.29, 0.717) is 37.8 Å². The Labute approximate surface area is 217 Å². The molecule has 2 rings (SSSR count). The maximum Gasteiger partial charge on any atom is 0.339 e. The largest absolute Gasteiger partial charge is 0.460 e. The highest BCUT2D eigenvalue weighted by atomic mass is 32.2. The maximum atomic E-state index is 12.4. The first kappa shape index (κ1) is 31.7. The Bertz CT molecular complexity index is 1110. The van der Waals surface area contributed by atoms with Crippen LogP contribution in [0.5, 0.6) is 5.75 Å². The number of anilines is 1. The van der Waals surface area contributed by atoms with Crippen LogP contribution in [0.25, 0.3) is 0 Å². The van der Waals surface area contributed by atoms with Crippen molar-refractivity contribution < 1.29 is 41.2 Å². The van der Waals surface area contributed by atoms with Crippen LogP contribution in [0.4, 0.5) is 10.4 Å². The fourth-order valence-electron chi connectivity index (χ4n) is 3.22. The summed E-state index contributed by atoms with van der Waals surface area (Å²) in [6.07, 6.45) is 1.55. The quantitative estimate of drug-likeness (QED) is 0.200. The smallest absolute Gasteiger partial charge is 0.339 e. The minimum atomic E-state index is -3.99. The lowest BCUT2D eigenvalue weighted by Crippen LogP contribution is -2.28. The molecule has 9 nitrogen and oxygen atoms in total. The lowest BCUT2D eigenvalue weighted by molar-refractivity contribution is -0.161. The van der Waals surface area contributed by atoms with Gasteiger partial charge in [0.25, 0.3) is 0 Å². The number of carbonyl (C=O) groups is 3. The third-order valence-corrected chi connectivity index (χ3v) is 6.60. The molecular weight excluding hydrogens is 505 g/mol. The lowest BCUT2D eigenvalue weighted by atomic mass is 10.0. The number of methoxy groups -OCH3 is 1. The monoisotopic (exact) mass is 539 g/mol. The van der Waals surface area contributed by atoms with Crippen LogP contribution in [0.3, 0.4) is 0 Å². The molecule has 1 N–H and O–H groups in total. The maximum absolute atomic E-state index is 12.4. The highest BCUT2D eigenvalue weighted by Gasteiger charge is 2.20. The van der Waals surface area contributed by atoms with Crippen molar-refractivity contribution >= 4 is 33.5 Å². The van der Waals surface area contributed by atoms with Gasteiger partial charge >= 0.3 is 16.1 Å². The Morgan fingerprint density at radius 1 is 0.919 bits per heavy atom. The number of ketones is 1. The van der Waals surface area contributed by atoms with Gasteiger partial charge in [-0.05, 0) is 75.9 Å². The van der Waals surface area contributed by atoms with Crippen LogP contribution in [0.1, 0.15) is 52.4 Å². The summed E-state index contributed by atoms with van der Waals surface area (Å²) in [5.41, 5.74) is 0.459. The minimum Gasteiger partial charge on any atom is -0.460 e. The summed E-state index contributed by atoms with van der Waals surface area (Å²) in [7, 11) is -2.57. The van der Waals surface area contributed by atoms with Gasteiger partial charge in [0.15, 0.2) is 6.10 Å². The van der Waals surface area contributed by atoms with E-state index < -0.39 is 28.3 Å². The standard InChI is InChI=1S/C26H33NO8S.FH/c1-19(28)13-16-22(34-26(30)20(2)33-3)9-7-8-12-25(29)27-21-14-17-24(18-15-21)36(31,32)35-23-10-5-4-6-11-23;/h4-6,10-11,14-15,17-18,20,22H,7-9,12-13,16H2,1-3H3,(H,27,29);1H. The molecule has 0 saturated heterocycles. The van der Waals surface area contributed by atoms with E-state index in [1.165, 1.54) is 38.3 Å². The number of halogens is 1. The summed E-state index contributed by atoms with van der Waals surface area (Å²) in [5.74, 6) is -0.484. The third-order valence-electron chi connectivity index (χ3n) is 5.34. The second-order valence-electron chi connectivity index (χ2n) is 8.35. The Balaban J connectivity index is 0.00000684. The van der Waals surface area contributed by atoms with Crippen molar-refractivity contribution in [3.63, 3.8) is 0 Å². The molecule has 0 fully saturated rings. The first-order valence-corrected chi connectivity index (χ1v) is 13.1. The van der Waals surface area contributed by atoms with E-state index in [1.54, 1.807) is 37.3 Å². The summed E-state index contributed by atoms with van der Waals surface area (Å²) in [6, 6.07) is 13.9. The van der Waals surface area contributed by atoms with Gasteiger partial charge in [0.2, 0.25) is 5.91 Å². The van der Waals surface area contributed by atoms with Crippen LogP contribution < -0.4 is 9.50 Å². The molecule has 0 saturated carbocycles. The average molecular weight is 540 g/mol. The molecule has 0 radical (unpaired) electrons. The summed E-state index contributed by atoms with van der Waals surface area (Å²) in [5, 5.41) is 2.73. The lowest BCUT2D eigenvalue weighted by Gasteiger charge is -2.19. The normalized spacial score (nSPS) is 12.5. The van der Waals surface area contributed by atoms with E-state index in [2.05, 4.69) is 5.32 Å². The molecule has 204 valence electrons. The molecule has 2 unspecified atom stereocenters. The molecule has 11 heteroatoms. The highest BCUT2D eigenvalue weighted by Crippen LogP contribution is 2.20. The van der Waals surface area contributed by atoms with E-state index in [0.717, 1.165) is 0 Å². The van der Waals surface area contributed by atoms with Crippen molar-refractivity contribution in [2.24, 2.45) is 0 Å². The summed E-state index contributed by atoms with van der Waals surface area (Å²) < 4.78 is 40.3. The molecule has 1 amide bonds. The Kier molecular flexibility index (Phi) is 13.5. The number of amides is 1. The Morgan fingerprint density at radius 3 is 2.16 bits per heavy atom. The highest BCUT2D eigenvalue weighted by molar-refractivity contribution is 7.87. The summed E-state index contributed by atoms with van der Waals surface area (Å²) in [6.45, 7) is 3.08. The van der Waals surface area contributed by atoms with Gasteiger partial charge in [-0.3, -0.25) is 9.50 Å². The fraction of sp³-hybridized carbons (Fsp3) is 0.423. The van der Waals surface area contributed by atoms with Gasteiger partial charge in [0.1, 0.15) is 22.5 Å². The van der Waals surface area contributed by atoms with Crippen LogP contribution >= 0.6 is 0 Å². The molecule has 2 aromatic carbocycles. The second kappa shape index (κ2) is 15.7. The predicted octanol–water partition coefficient (Wildman–Crippen LogP) is 4.42. The fourth-order valence-corrected chi connectivity index (χ4v) is 4.15. The topological polar surface area (TPSA) is 125 Å². The molecule has 0 aromatic heterocycles. The van der Waals surface area contributed by atoms with Crippen LogP contribution in [0, 0.1) is 0 Å². The van der Waals surface area contributed by atoms with Crippen LogP contribution in [-0.2, 0) is 34.0 Å². The minimum absolute atomic E-state index is 0. The van der Waals surface area contributed by atoms with Crippen molar-refractivity contribution in [2.75, 3.05) is 12.4 Å². The molecule has 0 aliphatic rings. The number of hydrogen-bond acceptors (Lipinski definition) is 8. The summed E-state index contributed by atoms with van der Waals surface area (Å²) in [4.78, 5) is 35.6. The molecular formula is C26H34FNO8S. The van der Waals surface area contributed by atoms with E-state index in [9.17, 15) is 22.8 Å². The SMILES string of the molecule is COC(C)C(=O)OC(CCCCC(=O)Nc1ccc(S(=O)(=O)Oc2ccccc2)cc1)CCC(C)=O.F. The first-order valence-electron chi connectivity index (χ1n) is 11.7. The van der Waals surface area contributed by atoms with Crippen LogP contribution in [-0.4, -0.2) is 45.4 Å². The van der Waals surface area contributed by atoms with Crippen molar-refractivity contribution in [1.82, 2.24) is 0 Å². The molecule has 37 heavy (non-hydrogen) atoms. The average Bonchev–Trinajstić information content (AvgIpc) is 2.85. The zero-order chi connectivity index (χ0) is 26.6. The molecule has 2 aromatic rings. The number of unbranched alkanes of at least 4 members (excludes halogenated alkanes) is 1. The van der Waals surface area contributed by atoms with Gasteiger partial charge in [-0.1, -0.05) is 18.2 Å². The Morgan fingerprint density at radius 2 is 1.57 bits per heavy atom. The molecule has 0 aliphatic carbocycles. The van der Waals surface area contributed by atoms with Gasteiger partial charge in [-0.15, -0.1) is 0 Å². The molecule has 0 spiro atoms. The number of Topliss-reactive ketones (excluding diaryl/α,β-unsaturated/α-hetero) is 1. The van der Waals surface area contributed by atoms with Gasteiger partial charge in [0, 0.05) is 25.6 Å². The number of nitrogens with one attached hydrogen (secondary N) is 1. The van der Waals surface area contributed by atoms with Crippen molar-refractivity contribution in [3.8, 4) is 5.75 Å². The molecule has 0 bridgehead atoms. The number of hydrogen-bond donors (Lipinski definition) is 1. The van der Waals surface area contributed by atoms with Crippen LogP contribution in [0.15, 0.2) is 59.5 Å². The zero-order valence-electron chi connectivity index (χ0n) is 21.2. The number of esters is 1. The number of carbonyl (C=O) groups excluding carboxylic acids is 3. The van der Waals surface area contributed by atoms with Gasteiger partial charge in [-0.25, -0.2) is 4.79 Å². The van der Waals surface area contributed by atoms with Crippen molar-refractivity contribution in [2.45, 2.75) is 69.5 Å².